The molecule has 0 amide bonds. The summed E-state index contributed by atoms with van der Waals surface area (Å²) in [4.78, 5) is 11.1. The Morgan fingerprint density at radius 1 is 1.26 bits per heavy atom. The molecule has 2 heterocycles. The van der Waals surface area contributed by atoms with Crippen LogP contribution in [0.4, 0.5) is 0 Å². The van der Waals surface area contributed by atoms with Gasteiger partial charge in [-0.3, -0.25) is 0 Å². The number of thiol groups is 1. The third kappa shape index (κ3) is 4.18. The summed E-state index contributed by atoms with van der Waals surface area (Å²) in [6, 6.07) is 0. The second-order valence-electron chi connectivity index (χ2n) is 5.62. The number of likely N-dealkylation sites (N-methyl/N-ethyl adjacent to an activating group) is 1. The van der Waals surface area contributed by atoms with Gasteiger partial charge in [0.15, 0.2) is 0 Å². The summed E-state index contributed by atoms with van der Waals surface area (Å²) in [5.74, 6) is 1.33. The first-order valence-corrected chi connectivity index (χ1v) is 8.55. The third-order valence-corrected chi connectivity index (χ3v) is 5.36. The minimum absolute atomic E-state index is 0.510. The summed E-state index contributed by atoms with van der Waals surface area (Å²) in [5, 5.41) is 1.28. The van der Waals surface area contributed by atoms with Gasteiger partial charge in [0.05, 0.1) is 10.7 Å². The average molecular weight is 300 g/mol. The van der Waals surface area contributed by atoms with E-state index in [0.717, 1.165) is 18.7 Å². The van der Waals surface area contributed by atoms with Gasteiger partial charge in [0, 0.05) is 49.8 Å². The summed E-state index contributed by atoms with van der Waals surface area (Å²) in [6.07, 6.45) is 1.09. The van der Waals surface area contributed by atoms with Crippen molar-refractivity contribution in [1.29, 1.82) is 0 Å². The fraction of sp³-hybridized carbons (Fsp3) is 0.786. The molecule has 0 N–H and O–H groups in total. The van der Waals surface area contributed by atoms with Crippen LogP contribution in [0.5, 0.6) is 0 Å². The highest BCUT2D eigenvalue weighted by atomic mass is 32.1. The van der Waals surface area contributed by atoms with Gasteiger partial charge in [-0.25, -0.2) is 4.98 Å². The molecular formula is C14H25N3S2. The lowest BCUT2D eigenvalue weighted by atomic mass is 10.1. The summed E-state index contributed by atoms with van der Waals surface area (Å²) < 4.78 is 0. The molecule has 0 aromatic carbocycles. The molecule has 1 saturated heterocycles. The van der Waals surface area contributed by atoms with Crippen LogP contribution in [0.15, 0.2) is 0 Å². The number of hydrogen-bond donors (Lipinski definition) is 1. The van der Waals surface area contributed by atoms with Gasteiger partial charge >= 0.3 is 0 Å². The number of nitrogens with zero attached hydrogens (tertiary/aromatic N) is 3. The number of piperazine rings is 1. The summed E-state index contributed by atoms with van der Waals surface area (Å²) in [5.41, 5.74) is 1.26. The molecule has 108 valence electrons. The molecule has 3 nitrogen and oxygen atoms in total. The van der Waals surface area contributed by atoms with Crippen molar-refractivity contribution in [3.05, 3.63) is 15.6 Å². The van der Waals surface area contributed by atoms with Crippen LogP contribution in [0.25, 0.3) is 0 Å². The van der Waals surface area contributed by atoms with Gasteiger partial charge < -0.3 is 9.80 Å². The molecule has 0 unspecified atom stereocenters. The fourth-order valence-electron chi connectivity index (χ4n) is 2.41. The van der Waals surface area contributed by atoms with Crippen LogP contribution in [0.3, 0.4) is 0 Å². The van der Waals surface area contributed by atoms with Crippen molar-refractivity contribution in [1.82, 2.24) is 14.8 Å². The van der Waals surface area contributed by atoms with E-state index in [1.54, 1.807) is 0 Å². The molecule has 1 aliphatic rings. The molecule has 0 radical (unpaired) electrons. The van der Waals surface area contributed by atoms with Gasteiger partial charge in [-0.15, -0.1) is 11.3 Å². The van der Waals surface area contributed by atoms with E-state index < -0.39 is 0 Å². The van der Waals surface area contributed by atoms with Crippen molar-refractivity contribution < 1.29 is 0 Å². The van der Waals surface area contributed by atoms with E-state index >= 15 is 0 Å². The van der Waals surface area contributed by atoms with E-state index in [-0.39, 0.29) is 0 Å². The molecule has 0 spiro atoms. The van der Waals surface area contributed by atoms with Crippen LogP contribution in [0, 0.1) is 0 Å². The van der Waals surface area contributed by atoms with E-state index in [9.17, 15) is 0 Å². The monoisotopic (exact) mass is 299 g/mol. The Labute approximate surface area is 126 Å². The van der Waals surface area contributed by atoms with Crippen molar-refractivity contribution in [2.45, 2.75) is 31.9 Å². The van der Waals surface area contributed by atoms with Crippen LogP contribution < -0.4 is 0 Å². The zero-order chi connectivity index (χ0) is 13.8. The van der Waals surface area contributed by atoms with Gasteiger partial charge in [0.25, 0.3) is 0 Å². The maximum atomic E-state index is 4.81. The third-order valence-electron chi connectivity index (χ3n) is 3.70. The van der Waals surface area contributed by atoms with E-state index in [1.807, 2.05) is 11.3 Å². The lowest BCUT2D eigenvalue weighted by molar-refractivity contribution is 0.155. The Bertz CT molecular complexity index is 395. The largest absolute Gasteiger partial charge is 0.304 e. The molecule has 1 aromatic heterocycles. The minimum Gasteiger partial charge on any atom is -0.304 e. The van der Waals surface area contributed by atoms with Crippen molar-refractivity contribution in [3.8, 4) is 0 Å². The summed E-state index contributed by atoms with van der Waals surface area (Å²) in [6.45, 7) is 10.3. The van der Waals surface area contributed by atoms with Crippen molar-refractivity contribution >= 4 is 24.0 Å². The van der Waals surface area contributed by atoms with Crippen molar-refractivity contribution in [2.24, 2.45) is 0 Å². The van der Waals surface area contributed by atoms with Crippen LogP contribution >= 0.6 is 24.0 Å². The first-order valence-electron chi connectivity index (χ1n) is 7.10. The quantitative estimate of drug-likeness (QED) is 0.843. The Morgan fingerprint density at radius 3 is 2.47 bits per heavy atom. The lowest BCUT2D eigenvalue weighted by Crippen LogP contribution is -2.45. The highest BCUT2D eigenvalue weighted by Gasteiger charge is 2.16. The molecule has 1 aliphatic heterocycles. The SMILES string of the molecule is CC(C)c1nc(CCN2CCN(C)CC2)sc1CS. The molecular weight excluding hydrogens is 274 g/mol. The van der Waals surface area contributed by atoms with E-state index in [2.05, 4.69) is 43.3 Å². The molecule has 19 heavy (non-hydrogen) atoms. The number of hydrogen-bond acceptors (Lipinski definition) is 5. The molecule has 5 heteroatoms. The van der Waals surface area contributed by atoms with Gasteiger partial charge in [0.2, 0.25) is 0 Å². The Kier molecular flexibility index (Phi) is 5.69. The van der Waals surface area contributed by atoms with E-state index in [0.29, 0.717) is 5.92 Å². The van der Waals surface area contributed by atoms with Crippen molar-refractivity contribution in [2.75, 3.05) is 39.8 Å². The van der Waals surface area contributed by atoms with Crippen LogP contribution in [0.1, 0.15) is 35.3 Å². The van der Waals surface area contributed by atoms with Crippen LogP contribution in [-0.2, 0) is 12.2 Å². The molecule has 0 bridgehead atoms. The Balaban J connectivity index is 1.89. The number of aromatic nitrogens is 1. The maximum Gasteiger partial charge on any atom is 0.0944 e. The molecule has 0 aliphatic carbocycles. The van der Waals surface area contributed by atoms with Crippen molar-refractivity contribution in [3.63, 3.8) is 0 Å². The Morgan fingerprint density at radius 2 is 1.95 bits per heavy atom. The predicted octanol–water partition coefficient (Wildman–Crippen LogP) is 2.49. The topological polar surface area (TPSA) is 19.4 Å². The lowest BCUT2D eigenvalue weighted by Gasteiger charge is -2.32. The number of thiazole rings is 1. The summed E-state index contributed by atoms with van der Waals surface area (Å²) >= 11 is 6.27. The number of rotatable bonds is 5. The normalized spacial score (nSPS) is 18.4. The predicted molar refractivity (Wildman–Crippen MR) is 86.5 cm³/mol. The highest BCUT2D eigenvalue weighted by Crippen LogP contribution is 2.26. The molecule has 2 rings (SSSR count). The second-order valence-corrected chi connectivity index (χ2v) is 7.11. The molecule has 1 aromatic rings. The van der Waals surface area contributed by atoms with E-state index in [1.165, 1.54) is 41.8 Å². The zero-order valence-electron chi connectivity index (χ0n) is 12.2. The molecule has 1 fully saturated rings. The molecule has 0 saturated carbocycles. The van der Waals surface area contributed by atoms with Crippen LogP contribution in [-0.4, -0.2) is 54.6 Å². The first kappa shape index (κ1) is 15.3. The smallest absolute Gasteiger partial charge is 0.0944 e. The Hall–Kier alpha value is -0.100. The van der Waals surface area contributed by atoms with Gasteiger partial charge in [-0.05, 0) is 13.0 Å². The zero-order valence-corrected chi connectivity index (χ0v) is 13.9. The van der Waals surface area contributed by atoms with Gasteiger partial charge in [0.1, 0.15) is 0 Å². The first-order chi connectivity index (χ1) is 9.10. The maximum absolute atomic E-state index is 4.81. The second kappa shape index (κ2) is 7.07. The van der Waals surface area contributed by atoms with Gasteiger partial charge in [-0.2, -0.15) is 12.6 Å². The molecule has 0 atom stereocenters. The van der Waals surface area contributed by atoms with E-state index in [4.69, 9.17) is 4.98 Å². The minimum atomic E-state index is 0.510. The average Bonchev–Trinajstić information content (AvgIpc) is 2.81. The standard InChI is InChI=1S/C14H25N3S2/c1-11(2)14-12(10-18)19-13(15-14)4-5-17-8-6-16(3)7-9-17/h11,18H,4-10H2,1-3H3. The fourth-order valence-corrected chi connectivity index (χ4v) is 3.84. The van der Waals surface area contributed by atoms with Gasteiger partial charge in [-0.1, -0.05) is 13.8 Å². The highest BCUT2D eigenvalue weighted by molar-refractivity contribution is 7.79. The van der Waals surface area contributed by atoms with Crippen LogP contribution in [0.2, 0.25) is 0 Å². The summed E-state index contributed by atoms with van der Waals surface area (Å²) in [7, 11) is 2.20.